The van der Waals surface area contributed by atoms with Gasteiger partial charge in [0.2, 0.25) is 0 Å². The van der Waals surface area contributed by atoms with Gasteiger partial charge in [0, 0.05) is 23.9 Å². The van der Waals surface area contributed by atoms with Gasteiger partial charge in [-0.15, -0.1) is 0 Å². The Morgan fingerprint density at radius 1 is 1.32 bits per heavy atom. The van der Waals surface area contributed by atoms with Gasteiger partial charge in [-0.3, -0.25) is 4.68 Å². The Morgan fingerprint density at radius 2 is 1.95 bits per heavy atom. The third kappa shape index (κ3) is 3.72. The van der Waals surface area contributed by atoms with E-state index in [0.717, 1.165) is 36.3 Å². The summed E-state index contributed by atoms with van der Waals surface area (Å²) >= 11 is 0. The first kappa shape index (κ1) is 14.4. The van der Waals surface area contributed by atoms with E-state index in [0.29, 0.717) is 6.04 Å². The Hall–Kier alpha value is -1.04. The van der Waals surface area contributed by atoms with Gasteiger partial charge in [-0.1, -0.05) is 0 Å². The monoisotopic (exact) mass is 275 g/mol. The van der Waals surface area contributed by atoms with E-state index >= 15 is 0 Å². The highest BCUT2D eigenvalue weighted by atomic mass is 19.4. The minimum absolute atomic E-state index is 0.194. The van der Waals surface area contributed by atoms with Crippen molar-refractivity contribution in [3.05, 3.63) is 18.0 Å². The summed E-state index contributed by atoms with van der Waals surface area (Å²) in [4.78, 5) is 2.36. The maximum atomic E-state index is 12.5. The van der Waals surface area contributed by atoms with Crippen molar-refractivity contribution < 1.29 is 13.2 Å². The molecule has 0 spiro atoms. The molecule has 19 heavy (non-hydrogen) atoms. The molecule has 6 heteroatoms. The molecule has 1 saturated heterocycles. The third-order valence-electron chi connectivity index (χ3n) is 3.76. The molecule has 1 aromatic rings. The number of hydrogen-bond donors (Lipinski definition) is 0. The Morgan fingerprint density at radius 3 is 2.47 bits per heavy atom. The molecule has 1 aliphatic rings. The van der Waals surface area contributed by atoms with Gasteiger partial charge < -0.3 is 4.90 Å². The second-order valence-corrected chi connectivity index (χ2v) is 5.43. The SMILES string of the molecule is CC(C)N1CCC(c2ccnn2CC(F)(F)F)CC1. The Bertz CT molecular complexity index is 404. The number of aromatic nitrogens is 2. The lowest BCUT2D eigenvalue weighted by molar-refractivity contribution is -0.143. The summed E-state index contributed by atoms with van der Waals surface area (Å²) in [5.74, 6) is 0.194. The largest absolute Gasteiger partial charge is 0.408 e. The van der Waals surface area contributed by atoms with Gasteiger partial charge in [-0.05, 0) is 45.8 Å². The van der Waals surface area contributed by atoms with E-state index in [4.69, 9.17) is 0 Å². The van der Waals surface area contributed by atoms with Gasteiger partial charge in [0.1, 0.15) is 6.54 Å². The van der Waals surface area contributed by atoms with Crippen LogP contribution in [0.3, 0.4) is 0 Å². The average molecular weight is 275 g/mol. The third-order valence-corrected chi connectivity index (χ3v) is 3.76. The molecule has 0 amide bonds. The van der Waals surface area contributed by atoms with E-state index in [1.807, 2.05) is 0 Å². The van der Waals surface area contributed by atoms with Crippen molar-refractivity contribution >= 4 is 0 Å². The molecule has 0 radical (unpaired) electrons. The molecule has 0 unspecified atom stereocenters. The summed E-state index contributed by atoms with van der Waals surface area (Å²) in [7, 11) is 0. The maximum absolute atomic E-state index is 12.5. The molecule has 1 aromatic heterocycles. The van der Waals surface area contributed by atoms with Crippen molar-refractivity contribution in [3.8, 4) is 0 Å². The lowest BCUT2D eigenvalue weighted by atomic mass is 9.93. The molecular weight excluding hydrogens is 255 g/mol. The van der Waals surface area contributed by atoms with E-state index < -0.39 is 12.7 Å². The van der Waals surface area contributed by atoms with Crippen LogP contribution in [0.4, 0.5) is 13.2 Å². The van der Waals surface area contributed by atoms with Crippen LogP contribution < -0.4 is 0 Å². The van der Waals surface area contributed by atoms with Crippen molar-refractivity contribution in [2.75, 3.05) is 13.1 Å². The normalized spacial score (nSPS) is 19.3. The van der Waals surface area contributed by atoms with Crippen LogP contribution in [0.15, 0.2) is 12.3 Å². The summed E-state index contributed by atoms with van der Waals surface area (Å²) in [5.41, 5.74) is 0.723. The van der Waals surface area contributed by atoms with Crippen molar-refractivity contribution in [2.24, 2.45) is 0 Å². The molecule has 2 heterocycles. The summed E-state index contributed by atoms with van der Waals surface area (Å²) in [6.45, 7) is 5.20. The molecule has 3 nitrogen and oxygen atoms in total. The topological polar surface area (TPSA) is 21.1 Å². The van der Waals surface area contributed by atoms with Crippen LogP contribution in [-0.4, -0.2) is 40.0 Å². The Labute approximate surface area is 111 Å². The summed E-state index contributed by atoms with van der Waals surface area (Å²) in [6.07, 6.45) is -0.932. The van der Waals surface area contributed by atoms with E-state index in [-0.39, 0.29) is 5.92 Å². The first-order valence-corrected chi connectivity index (χ1v) is 6.69. The first-order chi connectivity index (χ1) is 8.87. The highest BCUT2D eigenvalue weighted by molar-refractivity contribution is 5.09. The number of halogens is 3. The highest BCUT2D eigenvalue weighted by Crippen LogP contribution is 2.30. The quantitative estimate of drug-likeness (QED) is 0.845. The van der Waals surface area contributed by atoms with Crippen LogP contribution in [0.25, 0.3) is 0 Å². The number of likely N-dealkylation sites (tertiary alicyclic amines) is 1. The zero-order chi connectivity index (χ0) is 14.0. The van der Waals surface area contributed by atoms with Crippen molar-refractivity contribution in [1.29, 1.82) is 0 Å². The Balaban J connectivity index is 2.02. The van der Waals surface area contributed by atoms with Crippen LogP contribution in [0.1, 0.15) is 38.3 Å². The molecular formula is C13H20F3N3. The minimum atomic E-state index is -4.21. The molecule has 1 aliphatic heterocycles. The molecule has 108 valence electrons. The first-order valence-electron chi connectivity index (χ1n) is 6.69. The zero-order valence-corrected chi connectivity index (χ0v) is 11.3. The number of rotatable bonds is 3. The molecule has 2 rings (SSSR count). The van der Waals surface area contributed by atoms with Crippen molar-refractivity contribution in [1.82, 2.24) is 14.7 Å². The molecule has 0 atom stereocenters. The van der Waals surface area contributed by atoms with Crippen LogP contribution in [0.5, 0.6) is 0 Å². The van der Waals surface area contributed by atoms with E-state index in [2.05, 4.69) is 23.8 Å². The fourth-order valence-corrected chi connectivity index (χ4v) is 2.70. The molecule has 0 saturated carbocycles. The van der Waals surface area contributed by atoms with Gasteiger partial charge >= 0.3 is 6.18 Å². The van der Waals surface area contributed by atoms with E-state index in [1.54, 1.807) is 6.07 Å². The van der Waals surface area contributed by atoms with Gasteiger partial charge in [-0.2, -0.15) is 18.3 Å². The average Bonchev–Trinajstić information content (AvgIpc) is 2.75. The molecule has 0 aromatic carbocycles. The van der Waals surface area contributed by atoms with Crippen molar-refractivity contribution in [2.45, 2.75) is 51.4 Å². The maximum Gasteiger partial charge on any atom is 0.408 e. The minimum Gasteiger partial charge on any atom is -0.301 e. The highest BCUT2D eigenvalue weighted by Gasteiger charge is 2.31. The lowest BCUT2D eigenvalue weighted by Gasteiger charge is -2.34. The van der Waals surface area contributed by atoms with E-state index in [1.165, 1.54) is 6.20 Å². The molecule has 0 N–H and O–H groups in total. The fourth-order valence-electron chi connectivity index (χ4n) is 2.70. The van der Waals surface area contributed by atoms with Gasteiger partial charge in [0.25, 0.3) is 0 Å². The molecule has 0 aliphatic carbocycles. The van der Waals surface area contributed by atoms with Gasteiger partial charge in [0.05, 0.1) is 0 Å². The van der Waals surface area contributed by atoms with E-state index in [9.17, 15) is 13.2 Å². The lowest BCUT2D eigenvalue weighted by Crippen LogP contribution is -2.38. The number of nitrogens with zero attached hydrogens (tertiary/aromatic N) is 3. The summed E-state index contributed by atoms with van der Waals surface area (Å²) in [5, 5.41) is 3.81. The molecule has 1 fully saturated rings. The van der Waals surface area contributed by atoms with Gasteiger partial charge in [0.15, 0.2) is 0 Å². The van der Waals surface area contributed by atoms with Crippen LogP contribution >= 0.6 is 0 Å². The van der Waals surface area contributed by atoms with Crippen LogP contribution in [0, 0.1) is 0 Å². The second-order valence-electron chi connectivity index (χ2n) is 5.43. The predicted molar refractivity (Wildman–Crippen MR) is 67.0 cm³/mol. The standard InChI is InChI=1S/C13H20F3N3/c1-10(2)18-7-4-11(5-8-18)12-3-6-17-19(12)9-13(14,15)16/h3,6,10-11H,4-5,7-9H2,1-2H3. The van der Waals surface area contributed by atoms with Crippen LogP contribution in [-0.2, 0) is 6.54 Å². The number of alkyl halides is 3. The number of piperidine rings is 1. The second kappa shape index (κ2) is 5.53. The number of hydrogen-bond acceptors (Lipinski definition) is 2. The molecule has 0 bridgehead atoms. The predicted octanol–water partition coefficient (Wildman–Crippen LogP) is 3.03. The smallest absolute Gasteiger partial charge is 0.301 e. The van der Waals surface area contributed by atoms with Crippen LogP contribution in [0.2, 0.25) is 0 Å². The summed E-state index contributed by atoms with van der Waals surface area (Å²) < 4.78 is 38.5. The Kier molecular flexibility index (Phi) is 4.18. The van der Waals surface area contributed by atoms with Crippen molar-refractivity contribution in [3.63, 3.8) is 0 Å². The summed E-state index contributed by atoms with van der Waals surface area (Å²) in [6, 6.07) is 2.22. The van der Waals surface area contributed by atoms with Gasteiger partial charge in [-0.25, -0.2) is 0 Å². The zero-order valence-electron chi connectivity index (χ0n) is 11.3. The fraction of sp³-hybridized carbons (Fsp3) is 0.769.